The van der Waals surface area contributed by atoms with E-state index in [0.29, 0.717) is 19.6 Å². The summed E-state index contributed by atoms with van der Waals surface area (Å²) in [6, 6.07) is 7.62. The second-order valence-electron chi connectivity index (χ2n) is 6.13. The van der Waals surface area contributed by atoms with Crippen LogP contribution in [0.15, 0.2) is 24.3 Å². The molecule has 7 nitrogen and oxygen atoms in total. The van der Waals surface area contributed by atoms with Gasteiger partial charge in [0, 0.05) is 25.9 Å². The van der Waals surface area contributed by atoms with Crippen molar-refractivity contribution in [2.75, 3.05) is 13.7 Å². The molecule has 2 aromatic rings. The number of hydrogen-bond donors (Lipinski definition) is 1. The monoisotopic (exact) mass is 344 g/mol. The van der Waals surface area contributed by atoms with Crippen LogP contribution in [0.5, 0.6) is 5.75 Å². The van der Waals surface area contributed by atoms with Crippen LogP contribution in [0.2, 0.25) is 0 Å². The van der Waals surface area contributed by atoms with E-state index >= 15 is 0 Å². The molecule has 7 heteroatoms. The largest absolute Gasteiger partial charge is 0.497 e. The third-order valence-corrected chi connectivity index (χ3v) is 4.34. The molecule has 1 unspecified atom stereocenters. The normalized spacial score (nSPS) is 14.2. The topological polar surface area (TPSA) is 78.3 Å². The number of nitrogens with one attached hydrogen (secondary N) is 1. The molecule has 0 aliphatic carbocycles. The molecule has 1 atom stereocenters. The first-order chi connectivity index (χ1) is 12.2. The summed E-state index contributed by atoms with van der Waals surface area (Å²) in [5, 5.41) is 11.3. The summed E-state index contributed by atoms with van der Waals surface area (Å²) in [5.74, 6) is 2.65. The average molecular weight is 344 g/mol. The molecule has 0 bridgehead atoms. The number of benzene rings is 1. The van der Waals surface area contributed by atoms with Crippen LogP contribution >= 0.6 is 0 Å². The van der Waals surface area contributed by atoms with E-state index in [-0.39, 0.29) is 5.91 Å². The van der Waals surface area contributed by atoms with Crippen molar-refractivity contribution in [3.8, 4) is 5.75 Å². The molecule has 0 fully saturated rings. The van der Waals surface area contributed by atoms with Crippen LogP contribution in [-0.4, -0.2) is 40.4 Å². The molecule has 1 amide bonds. The molecule has 0 saturated carbocycles. The van der Waals surface area contributed by atoms with E-state index in [1.54, 1.807) is 14.0 Å². The predicted octanol–water partition coefficient (Wildman–Crippen LogP) is 1.50. The van der Waals surface area contributed by atoms with Gasteiger partial charge in [-0.3, -0.25) is 4.79 Å². The summed E-state index contributed by atoms with van der Waals surface area (Å²) < 4.78 is 13.0. The number of aromatic nitrogens is 3. The maximum absolute atomic E-state index is 12.1. The third-order valence-electron chi connectivity index (χ3n) is 4.34. The Morgan fingerprint density at radius 3 is 3.12 bits per heavy atom. The lowest BCUT2D eigenvalue weighted by molar-refractivity contribution is -0.132. The average Bonchev–Trinajstić information content (AvgIpc) is 3.24. The standard InChI is InChI=1S/C18H24N4O3/c1-13(25-12-14-5-3-6-15(11-14)24-2)18(23)19-9-8-17-21-20-16-7-4-10-22(16)17/h3,5-6,11,13H,4,7-10,12H2,1-2H3,(H,19,23). The number of ether oxygens (including phenoxy) is 2. The van der Waals surface area contributed by atoms with Crippen LogP contribution in [0.25, 0.3) is 0 Å². The van der Waals surface area contributed by atoms with E-state index in [0.717, 1.165) is 42.3 Å². The summed E-state index contributed by atoms with van der Waals surface area (Å²) >= 11 is 0. The van der Waals surface area contributed by atoms with Crippen molar-refractivity contribution in [1.82, 2.24) is 20.1 Å². The summed E-state index contributed by atoms with van der Waals surface area (Å²) in [6.07, 6.45) is 2.28. The smallest absolute Gasteiger partial charge is 0.248 e. The molecular weight excluding hydrogens is 320 g/mol. The van der Waals surface area contributed by atoms with Crippen LogP contribution in [0.3, 0.4) is 0 Å². The fraction of sp³-hybridized carbons (Fsp3) is 0.500. The van der Waals surface area contributed by atoms with E-state index in [4.69, 9.17) is 9.47 Å². The summed E-state index contributed by atoms with van der Waals surface area (Å²) in [6.45, 7) is 3.63. The van der Waals surface area contributed by atoms with Gasteiger partial charge in [0.1, 0.15) is 23.5 Å². The zero-order valence-electron chi connectivity index (χ0n) is 14.7. The van der Waals surface area contributed by atoms with Gasteiger partial charge in [-0.1, -0.05) is 12.1 Å². The highest BCUT2D eigenvalue weighted by Crippen LogP contribution is 2.15. The molecule has 1 N–H and O–H groups in total. The van der Waals surface area contributed by atoms with Crippen LogP contribution in [-0.2, 0) is 35.5 Å². The van der Waals surface area contributed by atoms with Gasteiger partial charge < -0.3 is 19.4 Å². The van der Waals surface area contributed by atoms with Crippen LogP contribution in [0.1, 0.15) is 30.6 Å². The maximum atomic E-state index is 12.1. The molecule has 25 heavy (non-hydrogen) atoms. The van der Waals surface area contributed by atoms with Gasteiger partial charge in [-0.05, 0) is 31.0 Å². The Hall–Kier alpha value is -2.41. The summed E-state index contributed by atoms with van der Waals surface area (Å²) in [7, 11) is 1.63. The van der Waals surface area contributed by atoms with Gasteiger partial charge in [-0.2, -0.15) is 0 Å². The quantitative estimate of drug-likeness (QED) is 0.785. The number of nitrogens with zero attached hydrogens (tertiary/aromatic N) is 3. The van der Waals surface area contributed by atoms with Crippen molar-refractivity contribution in [3.05, 3.63) is 41.5 Å². The van der Waals surface area contributed by atoms with E-state index in [2.05, 4.69) is 20.1 Å². The Morgan fingerprint density at radius 1 is 1.40 bits per heavy atom. The van der Waals surface area contributed by atoms with E-state index in [1.807, 2.05) is 24.3 Å². The zero-order valence-corrected chi connectivity index (χ0v) is 14.7. The second-order valence-corrected chi connectivity index (χ2v) is 6.13. The minimum atomic E-state index is -0.518. The first-order valence-corrected chi connectivity index (χ1v) is 8.60. The van der Waals surface area contributed by atoms with Crippen molar-refractivity contribution >= 4 is 5.91 Å². The number of aryl methyl sites for hydroxylation is 1. The van der Waals surface area contributed by atoms with Crippen LogP contribution in [0.4, 0.5) is 0 Å². The van der Waals surface area contributed by atoms with Gasteiger partial charge in [0.25, 0.3) is 0 Å². The number of hydrogen-bond acceptors (Lipinski definition) is 5. The molecule has 1 aliphatic rings. The highest BCUT2D eigenvalue weighted by molar-refractivity contribution is 5.80. The van der Waals surface area contributed by atoms with E-state index < -0.39 is 6.10 Å². The minimum Gasteiger partial charge on any atom is -0.497 e. The Bertz CT molecular complexity index is 729. The number of carbonyl (C=O) groups excluding carboxylic acids is 1. The number of rotatable bonds is 8. The summed E-state index contributed by atoms with van der Waals surface area (Å²) in [4.78, 5) is 12.1. The maximum Gasteiger partial charge on any atom is 0.248 e. The minimum absolute atomic E-state index is 0.121. The molecule has 1 aromatic heterocycles. The molecule has 0 saturated heterocycles. The number of amides is 1. The zero-order chi connectivity index (χ0) is 17.6. The van der Waals surface area contributed by atoms with Crippen molar-refractivity contribution < 1.29 is 14.3 Å². The van der Waals surface area contributed by atoms with Crippen molar-refractivity contribution in [1.29, 1.82) is 0 Å². The highest BCUT2D eigenvalue weighted by Gasteiger charge is 2.18. The first kappa shape index (κ1) is 17.4. The van der Waals surface area contributed by atoms with Gasteiger partial charge in [0.2, 0.25) is 5.91 Å². The molecule has 1 aromatic carbocycles. The second kappa shape index (κ2) is 8.11. The fourth-order valence-corrected chi connectivity index (χ4v) is 2.90. The SMILES string of the molecule is COc1cccc(COC(C)C(=O)NCCc2nnc3n2CCC3)c1. The Morgan fingerprint density at radius 2 is 2.28 bits per heavy atom. The van der Waals surface area contributed by atoms with Gasteiger partial charge in [-0.25, -0.2) is 0 Å². The van der Waals surface area contributed by atoms with Gasteiger partial charge in [0.05, 0.1) is 13.7 Å². The van der Waals surface area contributed by atoms with E-state index in [1.165, 1.54) is 0 Å². The lowest BCUT2D eigenvalue weighted by Gasteiger charge is -2.14. The molecule has 0 spiro atoms. The molecule has 2 heterocycles. The highest BCUT2D eigenvalue weighted by atomic mass is 16.5. The van der Waals surface area contributed by atoms with E-state index in [9.17, 15) is 4.79 Å². The Labute approximate surface area is 147 Å². The molecule has 1 aliphatic heterocycles. The lowest BCUT2D eigenvalue weighted by atomic mass is 10.2. The third kappa shape index (κ3) is 4.36. The van der Waals surface area contributed by atoms with Crippen molar-refractivity contribution in [3.63, 3.8) is 0 Å². The van der Waals surface area contributed by atoms with Crippen LogP contribution < -0.4 is 10.1 Å². The predicted molar refractivity (Wildman–Crippen MR) is 92.3 cm³/mol. The summed E-state index contributed by atoms with van der Waals surface area (Å²) in [5.41, 5.74) is 0.970. The fourth-order valence-electron chi connectivity index (χ4n) is 2.90. The Kier molecular flexibility index (Phi) is 5.65. The first-order valence-electron chi connectivity index (χ1n) is 8.60. The number of carbonyl (C=O) groups is 1. The molecular formula is C18H24N4O3. The molecule has 0 radical (unpaired) electrons. The molecule has 3 rings (SSSR count). The van der Waals surface area contributed by atoms with Crippen molar-refractivity contribution in [2.24, 2.45) is 0 Å². The number of methoxy groups -OCH3 is 1. The number of fused-ring (bicyclic) bond motifs is 1. The lowest BCUT2D eigenvalue weighted by Crippen LogP contribution is -2.35. The van der Waals surface area contributed by atoms with Gasteiger partial charge in [0.15, 0.2) is 0 Å². The van der Waals surface area contributed by atoms with Gasteiger partial charge >= 0.3 is 0 Å². The molecule has 134 valence electrons. The Balaban J connectivity index is 1.41. The van der Waals surface area contributed by atoms with Gasteiger partial charge in [-0.15, -0.1) is 10.2 Å². The van der Waals surface area contributed by atoms with Crippen LogP contribution in [0, 0.1) is 0 Å². The van der Waals surface area contributed by atoms with Crippen molar-refractivity contribution in [2.45, 2.75) is 45.4 Å².